The summed E-state index contributed by atoms with van der Waals surface area (Å²) in [5.41, 5.74) is -0.993. The molecule has 1 unspecified atom stereocenters. The normalized spacial score (nSPS) is 11.8. The fourth-order valence-electron chi connectivity index (χ4n) is 5.23. The second kappa shape index (κ2) is 38.7. The molecule has 0 aliphatic rings. The SMILES string of the molecule is CC(C)(C)OC(=O)C(CCC(=O)O)NC(=O)COCCOCCCC(=O)COCCOCCNC(=O)CCCCCCCSCCCCCCCC(=O)C(C)(C)C.O=C=O. The first-order valence-electron chi connectivity index (χ1n) is 21.4. The van der Waals surface area contributed by atoms with Crippen molar-refractivity contribution in [3.05, 3.63) is 0 Å². The van der Waals surface area contributed by atoms with Crippen molar-refractivity contribution in [3.63, 3.8) is 0 Å². The molecule has 0 radical (unpaired) electrons. The summed E-state index contributed by atoms with van der Waals surface area (Å²) in [7, 11) is 0. The zero-order valence-electron chi connectivity index (χ0n) is 37.3. The number of carbonyl (C=O) groups excluding carboxylic acids is 7. The van der Waals surface area contributed by atoms with Crippen molar-refractivity contribution >= 4 is 53.2 Å². The van der Waals surface area contributed by atoms with E-state index in [1.165, 1.54) is 43.6 Å². The van der Waals surface area contributed by atoms with Crippen molar-refractivity contribution in [1.82, 2.24) is 10.6 Å². The van der Waals surface area contributed by atoms with Crippen LogP contribution in [0.5, 0.6) is 0 Å². The number of carboxylic acids is 1. The molecule has 0 heterocycles. The van der Waals surface area contributed by atoms with Gasteiger partial charge in [0.25, 0.3) is 0 Å². The zero-order chi connectivity index (χ0) is 45.5. The van der Waals surface area contributed by atoms with Crippen molar-refractivity contribution < 1.29 is 67.1 Å². The molecule has 0 aromatic carbocycles. The standard InChI is InChI=1S/C42H76N2O12S.CO2/c1-41(2,3)36(46)19-13-9-7-11-15-30-57-31-16-12-8-10-14-20-37(47)43-23-25-53-27-28-54-32-34(45)18-17-24-52-26-29-55-33-38(48)44-35(21-22-39(49)50)40(51)56-42(4,5)6;2-1-3/h35H,7-33H2,1-6H3,(H,43,47)(H,44,48)(H,49,50);. The lowest BCUT2D eigenvalue weighted by Gasteiger charge is -2.24. The molecule has 0 aromatic rings. The third-order valence-corrected chi connectivity index (χ3v) is 9.60. The zero-order valence-corrected chi connectivity index (χ0v) is 38.1. The molecular formula is C43H76N2O14S. The Morgan fingerprint density at radius 3 is 1.68 bits per heavy atom. The molecule has 0 aliphatic heterocycles. The van der Waals surface area contributed by atoms with Crippen LogP contribution in [0, 0.1) is 5.41 Å². The van der Waals surface area contributed by atoms with Crippen molar-refractivity contribution in [2.24, 2.45) is 5.41 Å². The summed E-state index contributed by atoms with van der Waals surface area (Å²) in [6, 6.07) is -1.10. The minimum atomic E-state index is -1.10. The van der Waals surface area contributed by atoms with E-state index in [-0.39, 0.29) is 69.1 Å². The lowest BCUT2D eigenvalue weighted by atomic mass is 9.88. The molecule has 3 N–H and O–H groups in total. The molecule has 0 saturated carbocycles. The Bertz CT molecular complexity index is 1210. The van der Waals surface area contributed by atoms with Crippen LogP contribution in [0.2, 0.25) is 0 Å². The smallest absolute Gasteiger partial charge is 0.373 e. The summed E-state index contributed by atoms with van der Waals surface area (Å²) < 4.78 is 26.8. The predicted octanol–water partition coefficient (Wildman–Crippen LogP) is 5.66. The molecule has 2 amide bonds. The van der Waals surface area contributed by atoms with Crippen LogP contribution < -0.4 is 10.6 Å². The first kappa shape index (κ1) is 58.9. The van der Waals surface area contributed by atoms with Gasteiger partial charge in [-0.3, -0.25) is 24.0 Å². The third-order valence-electron chi connectivity index (χ3n) is 8.45. The third kappa shape index (κ3) is 42.9. The predicted molar refractivity (Wildman–Crippen MR) is 227 cm³/mol. The fourth-order valence-corrected chi connectivity index (χ4v) is 6.25. The monoisotopic (exact) mass is 877 g/mol. The lowest BCUT2D eigenvalue weighted by Crippen LogP contribution is -2.45. The second-order valence-corrected chi connectivity index (χ2v) is 17.5. The molecule has 60 heavy (non-hydrogen) atoms. The largest absolute Gasteiger partial charge is 0.481 e. The highest BCUT2D eigenvalue weighted by Gasteiger charge is 2.27. The molecule has 0 bridgehead atoms. The number of Topliss-reactive ketones (excluding diaryl/α,β-unsaturated/α-hetero) is 2. The molecule has 0 spiro atoms. The van der Waals surface area contributed by atoms with Gasteiger partial charge in [0.1, 0.15) is 30.6 Å². The van der Waals surface area contributed by atoms with Crippen LogP contribution in [-0.4, -0.2) is 129 Å². The molecule has 0 rings (SSSR count). The summed E-state index contributed by atoms with van der Waals surface area (Å²) in [5.74, 6) is 0.389. The van der Waals surface area contributed by atoms with Crippen molar-refractivity contribution in [3.8, 4) is 0 Å². The van der Waals surface area contributed by atoms with Crippen LogP contribution in [0.3, 0.4) is 0 Å². The Morgan fingerprint density at radius 1 is 0.600 bits per heavy atom. The lowest BCUT2D eigenvalue weighted by molar-refractivity contribution is -0.192. The van der Waals surface area contributed by atoms with Gasteiger partial charge in [-0.15, -0.1) is 0 Å². The Kier molecular flexibility index (Phi) is 38.0. The summed E-state index contributed by atoms with van der Waals surface area (Å²) in [6.45, 7) is 12.7. The van der Waals surface area contributed by atoms with Crippen LogP contribution in [0.4, 0.5) is 0 Å². The highest BCUT2D eigenvalue weighted by atomic mass is 32.2. The van der Waals surface area contributed by atoms with Gasteiger partial charge in [0, 0.05) is 44.2 Å². The number of hydrogen-bond acceptors (Lipinski definition) is 14. The second-order valence-electron chi connectivity index (χ2n) is 16.3. The van der Waals surface area contributed by atoms with Crippen LogP contribution in [0.1, 0.15) is 144 Å². The Morgan fingerprint density at radius 2 is 1.12 bits per heavy atom. The van der Waals surface area contributed by atoms with Gasteiger partial charge in [-0.1, -0.05) is 59.3 Å². The number of aliphatic carboxylic acids is 1. The van der Waals surface area contributed by atoms with Gasteiger partial charge >= 0.3 is 18.1 Å². The molecule has 1 atom stereocenters. The van der Waals surface area contributed by atoms with E-state index < -0.39 is 29.5 Å². The van der Waals surface area contributed by atoms with E-state index in [0.717, 1.165) is 32.1 Å². The van der Waals surface area contributed by atoms with E-state index in [4.69, 9.17) is 38.4 Å². The maximum atomic E-state index is 12.3. The molecule has 16 nitrogen and oxygen atoms in total. The number of thioether (sulfide) groups is 1. The van der Waals surface area contributed by atoms with Crippen molar-refractivity contribution in [2.45, 2.75) is 156 Å². The van der Waals surface area contributed by atoms with Gasteiger partial charge in [-0.05, 0) is 70.8 Å². The van der Waals surface area contributed by atoms with Crippen molar-refractivity contribution in [2.75, 3.05) is 70.9 Å². The van der Waals surface area contributed by atoms with Crippen LogP contribution in [0.25, 0.3) is 0 Å². The topological polar surface area (TPSA) is 227 Å². The summed E-state index contributed by atoms with van der Waals surface area (Å²) in [5, 5.41) is 14.3. The molecule has 0 aromatic heterocycles. The number of ketones is 2. The molecule has 0 fully saturated rings. The highest BCUT2D eigenvalue weighted by molar-refractivity contribution is 7.99. The van der Waals surface area contributed by atoms with Crippen LogP contribution in [0.15, 0.2) is 0 Å². The number of ether oxygens (including phenoxy) is 5. The Hall–Kier alpha value is -3.21. The maximum absolute atomic E-state index is 12.3. The van der Waals surface area contributed by atoms with E-state index in [9.17, 15) is 28.8 Å². The van der Waals surface area contributed by atoms with E-state index in [0.29, 0.717) is 57.8 Å². The van der Waals surface area contributed by atoms with Gasteiger partial charge in [0.05, 0.1) is 33.0 Å². The number of carboxylic acid groups (broad SMARTS) is 1. The highest BCUT2D eigenvalue weighted by Crippen LogP contribution is 2.19. The minimum Gasteiger partial charge on any atom is -0.481 e. The minimum absolute atomic E-state index is 0.0161. The van der Waals surface area contributed by atoms with Crippen LogP contribution in [-0.2, 0) is 62.0 Å². The molecule has 348 valence electrons. The number of unbranched alkanes of at least 4 members (excludes halogenated alkanes) is 8. The van der Waals surface area contributed by atoms with Gasteiger partial charge in [0.2, 0.25) is 11.8 Å². The fraction of sp³-hybridized carbons (Fsp3) is 0.837. The molecular weight excluding hydrogens is 801 g/mol. The van der Waals surface area contributed by atoms with Gasteiger partial charge < -0.3 is 39.4 Å². The Balaban J connectivity index is 0. The molecule has 17 heteroatoms. The Labute approximate surface area is 362 Å². The van der Waals surface area contributed by atoms with E-state index in [1.54, 1.807) is 20.8 Å². The number of carbonyl (C=O) groups is 6. The number of rotatable bonds is 38. The average Bonchev–Trinajstić information content (AvgIpc) is 3.15. The summed E-state index contributed by atoms with van der Waals surface area (Å²) >= 11 is 2.04. The van der Waals surface area contributed by atoms with Crippen molar-refractivity contribution in [1.29, 1.82) is 0 Å². The van der Waals surface area contributed by atoms with Crippen LogP contribution >= 0.6 is 11.8 Å². The van der Waals surface area contributed by atoms with Gasteiger partial charge in [-0.2, -0.15) is 21.4 Å². The summed E-state index contributed by atoms with van der Waals surface area (Å²) in [6.07, 6.45) is 13.3. The number of esters is 1. The van der Waals surface area contributed by atoms with E-state index in [2.05, 4.69) is 10.6 Å². The van der Waals surface area contributed by atoms with Gasteiger partial charge in [0.15, 0.2) is 5.78 Å². The molecule has 0 saturated heterocycles. The first-order valence-corrected chi connectivity index (χ1v) is 22.5. The van der Waals surface area contributed by atoms with E-state index in [1.807, 2.05) is 32.5 Å². The summed E-state index contributed by atoms with van der Waals surface area (Å²) in [4.78, 5) is 87.7. The quantitative estimate of drug-likeness (QED) is 0.0503. The number of hydrogen-bond donors (Lipinski definition) is 3. The first-order chi connectivity index (χ1) is 28.4. The number of amides is 2. The van der Waals surface area contributed by atoms with E-state index >= 15 is 0 Å². The maximum Gasteiger partial charge on any atom is 0.373 e. The number of nitrogens with one attached hydrogen (secondary N) is 2. The molecule has 0 aliphatic carbocycles. The van der Waals surface area contributed by atoms with Gasteiger partial charge in [-0.25, -0.2) is 4.79 Å². The average molecular weight is 877 g/mol.